The first-order chi connectivity index (χ1) is 28.9. The Bertz CT molecular complexity index is 1490. The van der Waals surface area contributed by atoms with Crippen molar-refractivity contribution in [3.63, 3.8) is 0 Å². The quantitative estimate of drug-likeness (QED) is 0.0289. The Morgan fingerprint density at radius 2 is 1.14 bits per heavy atom. The summed E-state index contributed by atoms with van der Waals surface area (Å²) in [6, 6.07) is 3.49. The molecule has 0 bridgehead atoms. The highest BCUT2D eigenvalue weighted by Crippen LogP contribution is 2.37. The second kappa shape index (κ2) is 31.2. The molecule has 0 fully saturated rings. The van der Waals surface area contributed by atoms with Crippen LogP contribution >= 0.6 is 0 Å². The molecule has 1 aromatic heterocycles. The molecule has 330 valence electrons. The van der Waals surface area contributed by atoms with Gasteiger partial charge in [-0.15, -0.1) is 10.2 Å². The summed E-state index contributed by atoms with van der Waals surface area (Å²) in [7, 11) is 0. The van der Waals surface area contributed by atoms with Crippen molar-refractivity contribution < 1.29 is 24.0 Å². The standard InChI is InChI=1S/C49H80N6O4/c1-5-9-13-17-21-22-25-28-37-54(36-27-23-18-14-10-6-2)43-33-31-41(50-52-43)46-48(57)47(49(46)58)42-32-34-44(53-51-42)55(38-29-24-19-15-11-7-3)39-35-45(56)59-40-30-26-20-16-12-8-4/h31-34H,5-30,35-40H2,1-4H3. The molecule has 0 N–H and O–H groups in total. The molecule has 10 heteroatoms. The predicted octanol–water partition coefficient (Wildman–Crippen LogP) is 11.8. The Morgan fingerprint density at radius 3 is 1.63 bits per heavy atom. The van der Waals surface area contributed by atoms with E-state index >= 15 is 0 Å². The summed E-state index contributed by atoms with van der Waals surface area (Å²) < 4.78 is 7.86. The van der Waals surface area contributed by atoms with Crippen molar-refractivity contribution in [1.29, 1.82) is 0 Å². The first-order valence-electron chi connectivity index (χ1n) is 24.1. The number of azo groups is 1. The third-order valence-electron chi connectivity index (χ3n) is 11.6. The molecule has 2 aliphatic rings. The Balaban J connectivity index is 1.65. The van der Waals surface area contributed by atoms with E-state index in [4.69, 9.17) is 4.74 Å². The fourth-order valence-electron chi connectivity index (χ4n) is 7.76. The number of nitrogens with zero attached hydrogens (tertiary/aromatic N) is 6. The molecule has 0 saturated heterocycles. The number of anilines is 1. The zero-order chi connectivity index (χ0) is 42.3. The van der Waals surface area contributed by atoms with E-state index in [0.29, 0.717) is 24.7 Å². The van der Waals surface area contributed by atoms with Gasteiger partial charge in [0.05, 0.1) is 36.9 Å². The number of Topliss-reactive ketones (excluding diaryl/α,β-unsaturated/α-hetero) is 1. The van der Waals surface area contributed by atoms with E-state index in [2.05, 4.69) is 57.6 Å². The Morgan fingerprint density at radius 1 is 0.610 bits per heavy atom. The van der Waals surface area contributed by atoms with Gasteiger partial charge in [0.15, 0.2) is 11.6 Å². The van der Waals surface area contributed by atoms with E-state index in [1.165, 1.54) is 128 Å². The largest absolute Gasteiger partial charge is 0.871 e. The Kier molecular flexibility index (Phi) is 26.3. The van der Waals surface area contributed by atoms with Gasteiger partial charge in [0, 0.05) is 30.3 Å². The van der Waals surface area contributed by atoms with Crippen LogP contribution in [0.3, 0.4) is 0 Å². The fraction of sp³-hybridized carbons (Fsp3) is 0.735. The van der Waals surface area contributed by atoms with Crippen molar-refractivity contribution in [2.45, 2.75) is 201 Å². The van der Waals surface area contributed by atoms with Crippen LogP contribution in [0.1, 0.15) is 207 Å². The van der Waals surface area contributed by atoms with E-state index in [0.717, 1.165) is 64.0 Å². The molecule has 0 atom stereocenters. The van der Waals surface area contributed by atoms with Crippen molar-refractivity contribution in [3.8, 4) is 0 Å². The van der Waals surface area contributed by atoms with Crippen LogP contribution < -0.4 is 10.0 Å². The van der Waals surface area contributed by atoms with Gasteiger partial charge in [0.25, 0.3) is 0 Å². The van der Waals surface area contributed by atoms with E-state index in [1.807, 2.05) is 6.08 Å². The van der Waals surface area contributed by atoms with Gasteiger partial charge in [0.1, 0.15) is 5.70 Å². The third kappa shape index (κ3) is 19.1. The Labute approximate surface area is 358 Å². The van der Waals surface area contributed by atoms with Crippen LogP contribution in [0.2, 0.25) is 0 Å². The minimum atomic E-state index is -0.376. The molecule has 2 heterocycles. The highest BCUT2D eigenvalue weighted by molar-refractivity contribution is 6.38. The average Bonchev–Trinajstić information content (AvgIpc) is 3.25. The number of esters is 1. The van der Waals surface area contributed by atoms with Crippen LogP contribution in [0.25, 0.3) is 5.57 Å². The SMILES string of the molecule is CCCCCCCCCC[N+](CCCCCCCC)=C1C=C/C(=C2\C(=O)C(c3ccc(N(CCCCCCCC)CCC(=O)OCCCCCCCC)nn3)=C2[O-])N=N1. The molecule has 10 nitrogen and oxygen atoms in total. The molecule has 59 heavy (non-hydrogen) atoms. The number of rotatable bonds is 35. The topological polar surface area (TPSA) is 123 Å². The van der Waals surface area contributed by atoms with Gasteiger partial charge in [-0.1, -0.05) is 162 Å². The van der Waals surface area contributed by atoms with E-state index in [1.54, 1.807) is 18.2 Å². The van der Waals surface area contributed by atoms with E-state index in [9.17, 15) is 14.7 Å². The summed E-state index contributed by atoms with van der Waals surface area (Å²) in [6.45, 7) is 12.4. The molecule has 0 amide bonds. The molecule has 3 rings (SSSR count). The second-order valence-electron chi connectivity index (χ2n) is 16.7. The lowest BCUT2D eigenvalue weighted by molar-refractivity contribution is -0.529. The number of unbranched alkanes of at least 4 members (excludes halogenated alkanes) is 22. The van der Waals surface area contributed by atoms with Crippen LogP contribution in [-0.2, 0) is 14.3 Å². The summed E-state index contributed by atoms with van der Waals surface area (Å²) >= 11 is 0. The molecular weight excluding hydrogens is 737 g/mol. The van der Waals surface area contributed by atoms with Crippen molar-refractivity contribution >= 4 is 29.0 Å². The molecule has 1 aliphatic carbocycles. The van der Waals surface area contributed by atoms with Crippen molar-refractivity contribution in [2.24, 2.45) is 10.2 Å². The van der Waals surface area contributed by atoms with Crippen LogP contribution in [0.15, 0.2) is 51.5 Å². The third-order valence-corrected chi connectivity index (χ3v) is 11.6. The summed E-state index contributed by atoms with van der Waals surface area (Å²) in [5.41, 5.74) is 0.646. The van der Waals surface area contributed by atoms with Gasteiger partial charge < -0.3 is 14.7 Å². The maximum atomic E-state index is 13.4. The van der Waals surface area contributed by atoms with Gasteiger partial charge in [-0.2, -0.15) is 0 Å². The highest BCUT2D eigenvalue weighted by Gasteiger charge is 2.34. The molecule has 0 spiro atoms. The van der Waals surface area contributed by atoms with Crippen LogP contribution in [0.5, 0.6) is 0 Å². The van der Waals surface area contributed by atoms with Gasteiger partial charge >= 0.3 is 11.8 Å². The lowest BCUT2D eigenvalue weighted by Crippen LogP contribution is -2.31. The normalized spacial score (nSPS) is 15.9. The van der Waals surface area contributed by atoms with Gasteiger partial charge in [-0.05, 0) is 61.8 Å². The number of allylic oxidation sites excluding steroid dienone is 3. The molecule has 0 radical (unpaired) electrons. The number of carbonyl (C=O) groups excluding carboxylic acids is 2. The first kappa shape index (κ1) is 49.7. The Hall–Kier alpha value is -3.69. The summed E-state index contributed by atoms with van der Waals surface area (Å²) in [5.74, 6) is 0.463. The summed E-state index contributed by atoms with van der Waals surface area (Å²) in [6.07, 6.45) is 35.3. The van der Waals surface area contributed by atoms with E-state index < -0.39 is 0 Å². The molecule has 0 unspecified atom stereocenters. The summed E-state index contributed by atoms with van der Waals surface area (Å²) in [5, 5.41) is 31.2. The lowest BCUT2D eigenvalue weighted by atomic mass is 9.84. The fourth-order valence-corrected chi connectivity index (χ4v) is 7.76. The van der Waals surface area contributed by atoms with Gasteiger partial charge in [-0.3, -0.25) is 14.2 Å². The molecule has 1 aliphatic heterocycles. The van der Waals surface area contributed by atoms with Gasteiger partial charge in [-0.25, -0.2) is 0 Å². The smallest absolute Gasteiger partial charge is 0.346 e. The molecule has 1 aromatic rings. The number of hydrogen-bond donors (Lipinski definition) is 0. The number of hydrogen-bond acceptors (Lipinski definition) is 8. The maximum absolute atomic E-state index is 13.4. The van der Waals surface area contributed by atoms with Crippen LogP contribution in [0.4, 0.5) is 5.82 Å². The number of ether oxygens (including phenoxy) is 1. The second-order valence-corrected chi connectivity index (χ2v) is 16.7. The number of carbonyl (C=O) groups is 2. The first-order valence-corrected chi connectivity index (χ1v) is 24.1. The molecule has 0 saturated carbocycles. The number of ketones is 1. The van der Waals surface area contributed by atoms with Crippen LogP contribution in [-0.4, -0.2) is 65.1 Å². The van der Waals surface area contributed by atoms with Crippen LogP contribution in [0, 0.1) is 0 Å². The lowest BCUT2D eigenvalue weighted by Gasteiger charge is -2.30. The minimum absolute atomic E-state index is 0.0325. The zero-order valence-corrected chi connectivity index (χ0v) is 37.8. The van der Waals surface area contributed by atoms with Gasteiger partial charge in [0.2, 0.25) is 0 Å². The summed E-state index contributed by atoms with van der Waals surface area (Å²) in [4.78, 5) is 28.1. The molecular formula is C49H80N6O4. The zero-order valence-electron chi connectivity index (χ0n) is 37.8. The predicted molar refractivity (Wildman–Crippen MR) is 241 cm³/mol. The van der Waals surface area contributed by atoms with Crippen molar-refractivity contribution in [1.82, 2.24) is 10.2 Å². The van der Waals surface area contributed by atoms with E-state index in [-0.39, 0.29) is 40.8 Å². The number of amidine groups is 1. The maximum Gasteiger partial charge on any atom is 0.346 e. The highest BCUT2D eigenvalue weighted by atomic mass is 16.5. The molecule has 0 aromatic carbocycles. The minimum Gasteiger partial charge on any atom is -0.871 e. The van der Waals surface area contributed by atoms with Crippen molar-refractivity contribution in [3.05, 3.63) is 47.0 Å². The average molecular weight is 817 g/mol. The monoisotopic (exact) mass is 817 g/mol. The van der Waals surface area contributed by atoms with Crippen molar-refractivity contribution in [2.75, 3.05) is 37.7 Å². The number of aromatic nitrogens is 2.